The maximum atomic E-state index is 11.4. The van der Waals surface area contributed by atoms with Crippen LogP contribution >= 0.6 is 0 Å². The number of aryl methyl sites for hydroxylation is 1. The normalized spacial score (nSPS) is 12.2. The second-order valence-electron chi connectivity index (χ2n) is 3.22. The first-order valence-corrected chi connectivity index (χ1v) is 4.62. The molecule has 4 nitrogen and oxygen atoms in total. The standard InChI is InChI=1S/C10H15N3O/c1-3-8(11)10(14)13-9-6-7(2)4-5-12-9/h4-6,8H,3,11H2,1-2H3,(H,12,13,14)/t8-/m1/s1. The molecule has 14 heavy (non-hydrogen) atoms. The predicted molar refractivity (Wildman–Crippen MR) is 55.9 cm³/mol. The molecule has 3 N–H and O–H groups in total. The predicted octanol–water partition coefficient (Wildman–Crippen LogP) is 1.07. The third-order valence-electron chi connectivity index (χ3n) is 1.94. The zero-order chi connectivity index (χ0) is 10.6. The maximum Gasteiger partial charge on any atom is 0.242 e. The van der Waals surface area contributed by atoms with Crippen molar-refractivity contribution in [2.75, 3.05) is 5.32 Å². The fourth-order valence-electron chi connectivity index (χ4n) is 1.01. The highest BCUT2D eigenvalue weighted by molar-refractivity contribution is 5.93. The van der Waals surface area contributed by atoms with Crippen molar-refractivity contribution < 1.29 is 4.79 Å². The van der Waals surface area contributed by atoms with Gasteiger partial charge in [-0.3, -0.25) is 4.79 Å². The summed E-state index contributed by atoms with van der Waals surface area (Å²) >= 11 is 0. The Balaban J connectivity index is 2.65. The quantitative estimate of drug-likeness (QED) is 0.754. The van der Waals surface area contributed by atoms with E-state index in [1.165, 1.54) is 0 Å². The van der Waals surface area contributed by atoms with Gasteiger partial charge < -0.3 is 11.1 Å². The summed E-state index contributed by atoms with van der Waals surface area (Å²) in [6.07, 6.45) is 2.28. The summed E-state index contributed by atoms with van der Waals surface area (Å²) in [6, 6.07) is 3.22. The van der Waals surface area contributed by atoms with Gasteiger partial charge in [0.05, 0.1) is 6.04 Å². The Bertz CT molecular complexity index is 325. The molecule has 1 rings (SSSR count). The summed E-state index contributed by atoms with van der Waals surface area (Å²) in [6.45, 7) is 3.81. The van der Waals surface area contributed by atoms with Gasteiger partial charge >= 0.3 is 0 Å². The maximum absolute atomic E-state index is 11.4. The van der Waals surface area contributed by atoms with Crippen LogP contribution < -0.4 is 11.1 Å². The molecule has 0 saturated heterocycles. The van der Waals surface area contributed by atoms with Crippen molar-refractivity contribution in [3.63, 3.8) is 0 Å². The van der Waals surface area contributed by atoms with E-state index in [0.29, 0.717) is 12.2 Å². The van der Waals surface area contributed by atoms with Crippen molar-refractivity contribution in [3.8, 4) is 0 Å². The topological polar surface area (TPSA) is 68.0 Å². The molecule has 1 heterocycles. The lowest BCUT2D eigenvalue weighted by atomic mass is 10.2. The van der Waals surface area contributed by atoms with Gasteiger partial charge in [0.2, 0.25) is 5.91 Å². The zero-order valence-corrected chi connectivity index (χ0v) is 8.45. The fraction of sp³-hybridized carbons (Fsp3) is 0.400. The van der Waals surface area contributed by atoms with Gasteiger partial charge in [-0.15, -0.1) is 0 Å². The van der Waals surface area contributed by atoms with Gasteiger partial charge in [0.1, 0.15) is 5.82 Å². The van der Waals surface area contributed by atoms with Crippen molar-refractivity contribution in [3.05, 3.63) is 23.9 Å². The molecule has 1 aromatic heterocycles. The summed E-state index contributed by atoms with van der Waals surface area (Å²) in [5, 5.41) is 2.66. The molecule has 0 aliphatic rings. The molecule has 0 aromatic carbocycles. The number of carbonyl (C=O) groups excluding carboxylic acids is 1. The van der Waals surface area contributed by atoms with Crippen molar-refractivity contribution in [1.82, 2.24) is 4.98 Å². The lowest BCUT2D eigenvalue weighted by Crippen LogP contribution is -2.35. The molecule has 76 valence electrons. The first-order valence-electron chi connectivity index (χ1n) is 4.62. The molecular weight excluding hydrogens is 178 g/mol. The molecule has 0 saturated carbocycles. The SMILES string of the molecule is CC[C@@H](N)C(=O)Nc1cc(C)ccn1. The van der Waals surface area contributed by atoms with Gasteiger partial charge in [0, 0.05) is 6.20 Å². The summed E-state index contributed by atoms with van der Waals surface area (Å²) in [5.74, 6) is 0.365. The Labute approximate surface area is 83.5 Å². The van der Waals surface area contributed by atoms with Crippen LogP contribution in [0, 0.1) is 6.92 Å². The Morgan fingerprint density at radius 2 is 2.43 bits per heavy atom. The zero-order valence-electron chi connectivity index (χ0n) is 8.45. The minimum atomic E-state index is -0.461. The van der Waals surface area contributed by atoms with E-state index in [9.17, 15) is 4.79 Å². The molecule has 0 fully saturated rings. The number of amides is 1. The highest BCUT2D eigenvalue weighted by atomic mass is 16.2. The molecular formula is C10H15N3O. The smallest absolute Gasteiger partial charge is 0.242 e. The number of anilines is 1. The number of carbonyl (C=O) groups is 1. The Morgan fingerprint density at radius 3 is 3.00 bits per heavy atom. The summed E-state index contributed by atoms with van der Waals surface area (Å²) < 4.78 is 0. The number of hydrogen-bond acceptors (Lipinski definition) is 3. The number of aromatic nitrogens is 1. The second kappa shape index (κ2) is 4.72. The Hall–Kier alpha value is -1.42. The number of nitrogens with one attached hydrogen (secondary N) is 1. The molecule has 0 aliphatic heterocycles. The molecule has 0 radical (unpaired) electrons. The van der Waals surface area contributed by atoms with Crippen molar-refractivity contribution in [1.29, 1.82) is 0 Å². The van der Waals surface area contributed by atoms with E-state index in [2.05, 4.69) is 10.3 Å². The number of pyridine rings is 1. The van der Waals surface area contributed by atoms with E-state index in [-0.39, 0.29) is 5.91 Å². The van der Waals surface area contributed by atoms with Crippen molar-refractivity contribution in [2.45, 2.75) is 26.3 Å². The van der Waals surface area contributed by atoms with Crippen molar-refractivity contribution in [2.24, 2.45) is 5.73 Å². The third kappa shape index (κ3) is 2.81. The van der Waals surface area contributed by atoms with Crippen molar-refractivity contribution >= 4 is 11.7 Å². The average molecular weight is 193 g/mol. The van der Waals surface area contributed by atoms with Crippen LogP contribution in [0.3, 0.4) is 0 Å². The fourth-order valence-corrected chi connectivity index (χ4v) is 1.01. The number of rotatable bonds is 3. The summed E-state index contributed by atoms with van der Waals surface area (Å²) in [5.41, 5.74) is 6.62. The van der Waals surface area contributed by atoms with E-state index >= 15 is 0 Å². The minimum absolute atomic E-state index is 0.189. The first kappa shape index (κ1) is 10.7. The van der Waals surface area contributed by atoms with Gasteiger partial charge in [0.25, 0.3) is 0 Å². The van der Waals surface area contributed by atoms with E-state index in [1.54, 1.807) is 12.3 Å². The largest absolute Gasteiger partial charge is 0.320 e. The van der Waals surface area contributed by atoms with Gasteiger partial charge in [-0.2, -0.15) is 0 Å². The van der Waals surface area contributed by atoms with E-state index in [4.69, 9.17) is 5.73 Å². The molecule has 1 atom stereocenters. The number of nitrogens with two attached hydrogens (primary N) is 1. The number of hydrogen-bond donors (Lipinski definition) is 2. The lowest BCUT2D eigenvalue weighted by Gasteiger charge is -2.09. The van der Waals surface area contributed by atoms with Crippen LogP contribution in [0.15, 0.2) is 18.3 Å². The van der Waals surface area contributed by atoms with Gasteiger partial charge in [-0.1, -0.05) is 6.92 Å². The van der Waals surface area contributed by atoms with Crippen LogP contribution in [0.5, 0.6) is 0 Å². The highest BCUT2D eigenvalue weighted by Gasteiger charge is 2.10. The van der Waals surface area contributed by atoms with E-state index in [0.717, 1.165) is 5.56 Å². The molecule has 0 aliphatic carbocycles. The van der Waals surface area contributed by atoms with Crippen LogP contribution in [0.4, 0.5) is 5.82 Å². The van der Waals surface area contributed by atoms with Gasteiger partial charge in [0.15, 0.2) is 0 Å². The molecule has 0 bridgehead atoms. The summed E-state index contributed by atoms with van der Waals surface area (Å²) in [7, 11) is 0. The second-order valence-corrected chi connectivity index (χ2v) is 3.22. The number of nitrogens with zero attached hydrogens (tertiary/aromatic N) is 1. The summed E-state index contributed by atoms with van der Waals surface area (Å²) in [4.78, 5) is 15.4. The van der Waals surface area contributed by atoms with Crippen LogP contribution in [0.25, 0.3) is 0 Å². The first-order chi connectivity index (χ1) is 6.63. The Kier molecular flexibility index (Phi) is 3.59. The Morgan fingerprint density at radius 1 is 1.71 bits per heavy atom. The van der Waals surface area contributed by atoms with Gasteiger partial charge in [-0.05, 0) is 31.0 Å². The molecule has 1 aromatic rings. The van der Waals surface area contributed by atoms with E-state index < -0.39 is 6.04 Å². The van der Waals surface area contributed by atoms with E-state index in [1.807, 2.05) is 19.9 Å². The lowest BCUT2D eigenvalue weighted by molar-refractivity contribution is -0.117. The molecule has 1 amide bonds. The third-order valence-corrected chi connectivity index (χ3v) is 1.94. The van der Waals surface area contributed by atoms with Crippen LogP contribution in [-0.4, -0.2) is 16.9 Å². The highest BCUT2D eigenvalue weighted by Crippen LogP contribution is 2.05. The van der Waals surface area contributed by atoms with Crippen LogP contribution in [-0.2, 0) is 4.79 Å². The molecule has 0 unspecified atom stereocenters. The monoisotopic (exact) mass is 193 g/mol. The van der Waals surface area contributed by atoms with Gasteiger partial charge in [-0.25, -0.2) is 4.98 Å². The molecule has 0 spiro atoms. The molecule has 4 heteroatoms. The van der Waals surface area contributed by atoms with Crippen LogP contribution in [0.1, 0.15) is 18.9 Å². The average Bonchev–Trinajstić information content (AvgIpc) is 2.16. The van der Waals surface area contributed by atoms with Crippen LogP contribution in [0.2, 0.25) is 0 Å². The minimum Gasteiger partial charge on any atom is -0.320 e.